The van der Waals surface area contributed by atoms with E-state index in [0.29, 0.717) is 6.61 Å². The summed E-state index contributed by atoms with van der Waals surface area (Å²) in [5, 5.41) is 4.53. The van der Waals surface area contributed by atoms with Crippen LogP contribution < -0.4 is 5.32 Å². The highest BCUT2D eigenvalue weighted by Crippen LogP contribution is 2.31. The van der Waals surface area contributed by atoms with Gasteiger partial charge in [-0.15, -0.1) is 0 Å². The highest BCUT2D eigenvalue weighted by molar-refractivity contribution is 5.88. The molecule has 1 N–H and O–H groups in total. The summed E-state index contributed by atoms with van der Waals surface area (Å²) in [6, 6.07) is 4.25. The van der Waals surface area contributed by atoms with Crippen LogP contribution in [0.25, 0.3) is 11.0 Å². The van der Waals surface area contributed by atoms with Crippen molar-refractivity contribution in [1.29, 1.82) is 0 Å². The van der Waals surface area contributed by atoms with Crippen LogP contribution in [0.1, 0.15) is 29.4 Å². The van der Waals surface area contributed by atoms with Crippen molar-refractivity contribution in [2.24, 2.45) is 0 Å². The zero-order chi connectivity index (χ0) is 13.1. The standard InChI is InChI=1S/C15H21NO2/c1-5-16-8-13-12(9-17-4)14-10(2)6-7-11(3)15(14)18-13/h6-7,16H,5,8-9H2,1-4H3. The Bertz CT molecular complexity index is 543. The van der Waals surface area contributed by atoms with Gasteiger partial charge < -0.3 is 14.5 Å². The van der Waals surface area contributed by atoms with Crippen molar-refractivity contribution in [3.05, 3.63) is 34.6 Å². The molecule has 0 spiro atoms. The average molecular weight is 247 g/mol. The second-order valence-electron chi connectivity index (χ2n) is 4.62. The Morgan fingerprint density at radius 2 is 1.94 bits per heavy atom. The minimum absolute atomic E-state index is 0.595. The van der Waals surface area contributed by atoms with E-state index in [1.807, 2.05) is 0 Å². The van der Waals surface area contributed by atoms with Gasteiger partial charge in [0, 0.05) is 18.1 Å². The molecular weight excluding hydrogens is 226 g/mol. The van der Waals surface area contributed by atoms with E-state index >= 15 is 0 Å². The predicted octanol–water partition coefficient (Wildman–Crippen LogP) is 3.31. The molecule has 0 amide bonds. The van der Waals surface area contributed by atoms with Crippen LogP contribution in [0.15, 0.2) is 16.5 Å². The second kappa shape index (κ2) is 5.55. The van der Waals surface area contributed by atoms with Gasteiger partial charge in [-0.25, -0.2) is 0 Å². The first-order chi connectivity index (χ1) is 8.69. The van der Waals surface area contributed by atoms with Gasteiger partial charge in [0.05, 0.1) is 13.2 Å². The van der Waals surface area contributed by atoms with Gasteiger partial charge in [0.2, 0.25) is 0 Å². The summed E-state index contributed by atoms with van der Waals surface area (Å²) in [5.41, 5.74) is 4.59. The topological polar surface area (TPSA) is 34.4 Å². The molecule has 0 radical (unpaired) electrons. The first kappa shape index (κ1) is 13.1. The van der Waals surface area contributed by atoms with Crippen LogP contribution in [-0.2, 0) is 17.9 Å². The summed E-state index contributed by atoms with van der Waals surface area (Å²) in [4.78, 5) is 0. The van der Waals surface area contributed by atoms with Gasteiger partial charge in [0.25, 0.3) is 0 Å². The number of ether oxygens (including phenoxy) is 1. The molecule has 0 aliphatic rings. The third-order valence-corrected chi connectivity index (χ3v) is 3.25. The number of benzene rings is 1. The molecule has 0 atom stereocenters. The molecule has 0 bridgehead atoms. The Balaban J connectivity index is 2.59. The summed E-state index contributed by atoms with van der Waals surface area (Å²) in [7, 11) is 1.72. The zero-order valence-electron chi connectivity index (χ0n) is 11.6. The van der Waals surface area contributed by atoms with E-state index in [0.717, 1.165) is 24.4 Å². The molecule has 0 unspecified atom stereocenters. The smallest absolute Gasteiger partial charge is 0.137 e. The van der Waals surface area contributed by atoms with Crippen LogP contribution in [-0.4, -0.2) is 13.7 Å². The Labute approximate surface area is 108 Å². The third-order valence-electron chi connectivity index (χ3n) is 3.25. The van der Waals surface area contributed by atoms with Crippen LogP contribution in [0.4, 0.5) is 0 Å². The van der Waals surface area contributed by atoms with Crippen molar-refractivity contribution in [1.82, 2.24) is 5.32 Å². The minimum atomic E-state index is 0.595. The largest absolute Gasteiger partial charge is 0.459 e. The van der Waals surface area contributed by atoms with Crippen molar-refractivity contribution in [3.8, 4) is 0 Å². The molecule has 0 aliphatic heterocycles. The first-order valence-electron chi connectivity index (χ1n) is 6.39. The maximum Gasteiger partial charge on any atom is 0.137 e. The number of methoxy groups -OCH3 is 1. The highest BCUT2D eigenvalue weighted by atomic mass is 16.5. The molecule has 3 nitrogen and oxygen atoms in total. The van der Waals surface area contributed by atoms with Gasteiger partial charge in [-0.3, -0.25) is 0 Å². The highest BCUT2D eigenvalue weighted by Gasteiger charge is 2.16. The average Bonchev–Trinajstić information content (AvgIpc) is 2.72. The van der Waals surface area contributed by atoms with E-state index in [4.69, 9.17) is 9.15 Å². The summed E-state index contributed by atoms with van der Waals surface area (Å²) in [6.07, 6.45) is 0. The Kier molecular flexibility index (Phi) is 4.04. The molecule has 3 heteroatoms. The van der Waals surface area contributed by atoms with Gasteiger partial charge in [0.15, 0.2) is 0 Å². The molecule has 0 saturated heterocycles. The number of rotatable bonds is 5. The molecule has 98 valence electrons. The molecule has 2 aromatic rings. The fourth-order valence-electron chi connectivity index (χ4n) is 2.29. The second-order valence-corrected chi connectivity index (χ2v) is 4.62. The molecule has 0 fully saturated rings. The summed E-state index contributed by atoms with van der Waals surface area (Å²) >= 11 is 0. The lowest BCUT2D eigenvalue weighted by molar-refractivity contribution is 0.183. The minimum Gasteiger partial charge on any atom is -0.459 e. The van der Waals surface area contributed by atoms with Crippen molar-refractivity contribution < 1.29 is 9.15 Å². The van der Waals surface area contributed by atoms with Gasteiger partial charge in [-0.2, -0.15) is 0 Å². The summed E-state index contributed by atoms with van der Waals surface area (Å²) in [5.74, 6) is 0.992. The van der Waals surface area contributed by atoms with Gasteiger partial charge >= 0.3 is 0 Å². The normalized spacial score (nSPS) is 11.3. The van der Waals surface area contributed by atoms with Gasteiger partial charge in [-0.05, 0) is 31.5 Å². The molecule has 2 rings (SSSR count). The van der Waals surface area contributed by atoms with Gasteiger partial charge in [0.1, 0.15) is 11.3 Å². The van der Waals surface area contributed by atoms with E-state index in [-0.39, 0.29) is 0 Å². The third kappa shape index (κ3) is 2.28. The maximum atomic E-state index is 6.02. The summed E-state index contributed by atoms with van der Waals surface area (Å²) in [6.45, 7) is 8.57. The van der Waals surface area contributed by atoms with E-state index in [1.165, 1.54) is 22.1 Å². The molecule has 0 aliphatic carbocycles. The molecule has 0 saturated carbocycles. The van der Waals surface area contributed by atoms with Crippen LogP contribution >= 0.6 is 0 Å². The number of nitrogens with one attached hydrogen (secondary N) is 1. The quantitative estimate of drug-likeness (QED) is 0.880. The Morgan fingerprint density at radius 3 is 2.61 bits per heavy atom. The number of furan rings is 1. The Hall–Kier alpha value is -1.32. The maximum absolute atomic E-state index is 6.02. The van der Waals surface area contributed by atoms with E-state index < -0.39 is 0 Å². The first-order valence-corrected chi connectivity index (χ1v) is 6.39. The lowest BCUT2D eigenvalue weighted by Crippen LogP contribution is -2.12. The van der Waals surface area contributed by atoms with E-state index in [2.05, 4.69) is 38.2 Å². The predicted molar refractivity (Wildman–Crippen MR) is 73.8 cm³/mol. The van der Waals surface area contributed by atoms with E-state index in [9.17, 15) is 0 Å². The molecule has 18 heavy (non-hydrogen) atoms. The van der Waals surface area contributed by atoms with Crippen LogP contribution in [0.5, 0.6) is 0 Å². The number of hydrogen-bond acceptors (Lipinski definition) is 3. The Morgan fingerprint density at radius 1 is 1.22 bits per heavy atom. The lowest BCUT2D eigenvalue weighted by atomic mass is 10.0. The van der Waals surface area contributed by atoms with Crippen molar-refractivity contribution in [2.45, 2.75) is 33.9 Å². The van der Waals surface area contributed by atoms with E-state index in [1.54, 1.807) is 7.11 Å². The van der Waals surface area contributed by atoms with Crippen LogP contribution in [0.2, 0.25) is 0 Å². The van der Waals surface area contributed by atoms with Gasteiger partial charge in [-0.1, -0.05) is 19.1 Å². The number of aryl methyl sites for hydroxylation is 2. The zero-order valence-corrected chi connectivity index (χ0v) is 11.6. The molecule has 1 aromatic heterocycles. The number of hydrogen-bond donors (Lipinski definition) is 1. The van der Waals surface area contributed by atoms with Crippen LogP contribution in [0.3, 0.4) is 0 Å². The van der Waals surface area contributed by atoms with Crippen molar-refractivity contribution in [2.75, 3.05) is 13.7 Å². The summed E-state index contributed by atoms with van der Waals surface area (Å²) < 4.78 is 11.3. The molecule has 1 aromatic carbocycles. The van der Waals surface area contributed by atoms with Crippen molar-refractivity contribution in [3.63, 3.8) is 0 Å². The SMILES string of the molecule is CCNCc1oc2c(C)ccc(C)c2c1COC. The lowest BCUT2D eigenvalue weighted by Gasteiger charge is -2.03. The fourth-order valence-corrected chi connectivity index (χ4v) is 2.29. The van der Waals surface area contributed by atoms with Crippen LogP contribution in [0, 0.1) is 13.8 Å². The van der Waals surface area contributed by atoms with Crippen molar-refractivity contribution >= 4 is 11.0 Å². The molecular formula is C15H21NO2. The molecule has 1 heterocycles. The fraction of sp³-hybridized carbons (Fsp3) is 0.467. The monoisotopic (exact) mass is 247 g/mol. The number of fused-ring (bicyclic) bond motifs is 1.